The Morgan fingerprint density at radius 2 is 0.912 bits per heavy atom. The minimum atomic E-state index is -1.70. The summed E-state index contributed by atoms with van der Waals surface area (Å²) < 4.78 is 11.7. The third-order valence-electron chi connectivity index (χ3n) is 9.68. The molecule has 0 aliphatic heterocycles. The normalized spacial score (nSPS) is 13.0. The van der Waals surface area contributed by atoms with Gasteiger partial charge in [-0.25, -0.2) is 0 Å². The number of Topliss-reactive ketones (excluding diaryl/α,β-unsaturated/α-hetero) is 2. The van der Waals surface area contributed by atoms with Gasteiger partial charge in [0.15, 0.2) is 11.6 Å². The molecule has 0 fully saturated rings. The number of hydrogen-bond acceptors (Lipinski definition) is 12. The minimum Gasteiger partial charge on any atom is -0.491 e. The van der Waals surface area contributed by atoms with Crippen LogP contribution < -0.4 is 30.7 Å². The Labute approximate surface area is 412 Å². The lowest BCUT2D eigenvalue weighted by molar-refractivity contribution is -0.127. The fourth-order valence-corrected chi connectivity index (χ4v) is 6.74. The third kappa shape index (κ3) is 14.2. The highest BCUT2D eigenvalue weighted by atomic mass is 35.5. The van der Waals surface area contributed by atoms with Gasteiger partial charge in [0.1, 0.15) is 28.6 Å². The van der Waals surface area contributed by atoms with Crippen molar-refractivity contribution in [3.05, 3.63) is 129 Å². The summed E-state index contributed by atoms with van der Waals surface area (Å²) >= 11 is 25.0. The van der Waals surface area contributed by atoms with Gasteiger partial charge >= 0.3 is 0 Å². The van der Waals surface area contributed by atoms with Gasteiger partial charge in [0.05, 0.1) is 34.0 Å². The Morgan fingerprint density at radius 1 is 0.529 bits per heavy atom. The molecule has 20 heteroatoms. The van der Waals surface area contributed by atoms with Crippen molar-refractivity contribution >= 4 is 116 Å². The first-order valence-electron chi connectivity index (χ1n) is 21.0. The van der Waals surface area contributed by atoms with Crippen molar-refractivity contribution in [1.29, 1.82) is 0 Å². The van der Waals surface area contributed by atoms with Crippen LogP contribution in [0, 0.1) is 0 Å². The van der Waals surface area contributed by atoms with Crippen LogP contribution in [0.1, 0.15) is 84.1 Å². The number of benzene rings is 5. The zero-order valence-electron chi connectivity index (χ0n) is 37.5. The monoisotopic (exact) mass is 1000 g/mol. The summed E-state index contributed by atoms with van der Waals surface area (Å²) in [5.74, 6) is -4.10. The van der Waals surface area contributed by atoms with E-state index in [4.69, 9.17) is 55.9 Å². The Hall–Kier alpha value is -6.72. The number of halogens is 4. The predicted octanol–water partition coefficient (Wildman–Crippen LogP) is 12.3. The molecular weight excluding hydrogens is 958 g/mol. The van der Waals surface area contributed by atoms with Gasteiger partial charge in [-0.05, 0) is 113 Å². The smallest absolute Gasteiger partial charge is 0.259 e. The lowest BCUT2D eigenvalue weighted by Crippen LogP contribution is -2.32. The van der Waals surface area contributed by atoms with Gasteiger partial charge in [0.2, 0.25) is 12.1 Å². The zero-order valence-corrected chi connectivity index (χ0v) is 40.6. The van der Waals surface area contributed by atoms with E-state index in [-0.39, 0.29) is 79.4 Å². The SMILES string of the molecule is CCOc1cc(NC(=O)C(N=Nc2cc(C(=O)Nc3ccc(C(C)Cl)cc3)ccc2Cl)C(C)=O)cc(OCC)c1NC(=O)C(N=Nc1cc(C(=O)Nc2ccc(C(C)Cl)cc2)ccc1Cl)C(C)=O. The largest absolute Gasteiger partial charge is 0.491 e. The van der Waals surface area contributed by atoms with Crippen molar-refractivity contribution in [2.24, 2.45) is 20.5 Å². The van der Waals surface area contributed by atoms with Crippen LogP contribution in [0.2, 0.25) is 10.0 Å². The molecule has 0 aromatic heterocycles. The van der Waals surface area contributed by atoms with Gasteiger partial charge in [-0.15, -0.1) is 23.2 Å². The molecule has 0 aliphatic carbocycles. The molecule has 0 spiro atoms. The van der Waals surface area contributed by atoms with Crippen LogP contribution in [0.15, 0.2) is 118 Å². The second kappa shape index (κ2) is 24.3. The van der Waals surface area contributed by atoms with Crippen molar-refractivity contribution < 1.29 is 38.2 Å². The second-order valence-electron chi connectivity index (χ2n) is 14.9. The van der Waals surface area contributed by atoms with Crippen molar-refractivity contribution in [3.8, 4) is 11.5 Å². The number of amides is 4. The lowest BCUT2D eigenvalue weighted by Gasteiger charge is -2.19. The number of alkyl halides is 2. The number of hydrogen-bond donors (Lipinski definition) is 4. The molecule has 68 heavy (non-hydrogen) atoms. The van der Waals surface area contributed by atoms with Crippen molar-refractivity contribution in [3.63, 3.8) is 0 Å². The molecule has 4 unspecified atom stereocenters. The lowest BCUT2D eigenvalue weighted by atomic mass is 10.1. The molecule has 0 bridgehead atoms. The van der Waals surface area contributed by atoms with Gasteiger partial charge in [-0.1, -0.05) is 47.5 Å². The average Bonchev–Trinajstić information content (AvgIpc) is 3.29. The minimum absolute atomic E-state index is 0.00775. The molecule has 5 aromatic carbocycles. The number of nitrogens with one attached hydrogen (secondary N) is 4. The number of carbonyl (C=O) groups excluding carboxylic acids is 6. The second-order valence-corrected chi connectivity index (χ2v) is 17.0. The summed E-state index contributed by atoms with van der Waals surface area (Å²) in [5.41, 5.74) is 3.25. The van der Waals surface area contributed by atoms with Crippen molar-refractivity contribution in [2.45, 2.75) is 64.4 Å². The topological polar surface area (TPSA) is 218 Å². The third-order valence-corrected chi connectivity index (χ3v) is 10.8. The van der Waals surface area contributed by atoms with E-state index in [1.54, 1.807) is 62.4 Å². The first-order chi connectivity index (χ1) is 32.4. The zero-order chi connectivity index (χ0) is 49.7. The van der Waals surface area contributed by atoms with E-state index in [1.807, 2.05) is 13.8 Å². The van der Waals surface area contributed by atoms with Gasteiger partial charge in [0, 0.05) is 40.3 Å². The maximum Gasteiger partial charge on any atom is 0.259 e. The maximum atomic E-state index is 13.8. The number of rotatable bonds is 20. The molecule has 0 heterocycles. The molecule has 0 saturated heterocycles. The molecule has 5 aromatic rings. The fourth-order valence-electron chi connectivity index (χ4n) is 6.13. The van der Waals surface area contributed by atoms with E-state index < -0.39 is 47.3 Å². The highest BCUT2D eigenvalue weighted by Gasteiger charge is 2.28. The molecule has 354 valence electrons. The number of anilines is 4. The van der Waals surface area contributed by atoms with Gasteiger partial charge in [-0.3, -0.25) is 28.8 Å². The molecule has 4 amide bonds. The molecule has 16 nitrogen and oxygen atoms in total. The number of carbonyl (C=O) groups is 6. The number of ketones is 2. The van der Waals surface area contributed by atoms with Crippen LogP contribution in [0.25, 0.3) is 0 Å². The molecular formula is C48H46Cl4N8O8. The van der Waals surface area contributed by atoms with Gasteiger partial charge < -0.3 is 30.7 Å². The van der Waals surface area contributed by atoms with Crippen LogP contribution in [0.3, 0.4) is 0 Å². The quantitative estimate of drug-likeness (QED) is 0.0333. The highest BCUT2D eigenvalue weighted by molar-refractivity contribution is 6.33. The molecule has 4 atom stereocenters. The van der Waals surface area contributed by atoms with Crippen LogP contribution >= 0.6 is 46.4 Å². The molecule has 0 aliphatic rings. The van der Waals surface area contributed by atoms with Gasteiger partial charge in [-0.2, -0.15) is 20.5 Å². The summed E-state index contributed by atoms with van der Waals surface area (Å²) in [4.78, 5) is 79.2. The summed E-state index contributed by atoms with van der Waals surface area (Å²) in [5, 5.41) is 26.7. The Bertz CT molecular complexity index is 2720. The van der Waals surface area contributed by atoms with Crippen molar-refractivity contribution in [1.82, 2.24) is 0 Å². The highest BCUT2D eigenvalue weighted by Crippen LogP contribution is 2.39. The predicted molar refractivity (Wildman–Crippen MR) is 264 cm³/mol. The number of ether oxygens (including phenoxy) is 2. The van der Waals surface area contributed by atoms with E-state index in [9.17, 15) is 28.8 Å². The van der Waals surface area contributed by atoms with Crippen LogP contribution in [-0.2, 0) is 19.2 Å². The summed E-state index contributed by atoms with van der Waals surface area (Å²) in [6, 6.07) is 21.9. The summed E-state index contributed by atoms with van der Waals surface area (Å²) in [7, 11) is 0. The number of nitrogens with zero attached hydrogens (tertiary/aromatic N) is 4. The van der Waals surface area contributed by atoms with Crippen LogP contribution in [-0.4, -0.2) is 60.5 Å². The van der Waals surface area contributed by atoms with E-state index in [0.29, 0.717) is 11.4 Å². The summed E-state index contributed by atoms with van der Waals surface area (Å²) in [6.45, 7) is 9.48. The standard InChI is InChI=1S/C48H46Cl4N8O8/c1-7-67-40-23-35(55-47(65)42(27(5)61)59-57-38-21-31(13-19-36(38)51)45(63)53-33-15-9-29(10-16-33)25(3)49)24-41(68-8-2)44(40)56-48(66)43(28(6)62)60-58-39-22-32(14-20-37(39)52)46(64)54-34-17-11-30(12-18-34)26(4)50/h9-26,42-43H,7-8H2,1-6H3,(H,53,63)(H,54,64)(H,55,65)(H,56,66). The molecule has 4 N–H and O–H groups in total. The van der Waals surface area contributed by atoms with Crippen LogP contribution in [0.4, 0.5) is 34.1 Å². The Balaban J connectivity index is 1.33. The van der Waals surface area contributed by atoms with Crippen molar-refractivity contribution in [2.75, 3.05) is 34.5 Å². The van der Waals surface area contributed by atoms with E-state index in [2.05, 4.69) is 41.7 Å². The number of azo groups is 2. The van der Waals surface area contributed by atoms with Crippen LogP contribution in [0.5, 0.6) is 11.5 Å². The Kier molecular flexibility index (Phi) is 18.7. The molecule has 5 rings (SSSR count). The summed E-state index contributed by atoms with van der Waals surface area (Å²) in [6.07, 6.45) is 0. The molecule has 0 saturated carbocycles. The van der Waals surface area contributed by atoms with E-state index in [0.717, 1.165) is 25.0 Å². The van der Waals surface area contributed by atoms with E-state index in [1.165, 1.54) is 48.5 Å². The van der Waals surface area contributed by atoms with Gasteiger partial charge in [0.25, 0.3) is 23.6 Å². The first-order valence-corrected chi connectivity index (χ1v) is 22.6. The molecule has 0 radical (unpaired) electrons. The average molecular weight is 1000 g/mol. The fraction of sp³-hybridized carbons (Fsp3) is 0.250. The maximum absolute atomic E-state index is 13.8. The first kappa shape index (κ1) is 52.3. The Morgan fingerprint density at radius 3 is 1.26 bits per heavy atom. The van der Waals surface area contributed by atoms with E-state index >= 15 is 0 Å².